The number of fused-ring (bicyclic) bond motifs is 1. The van der Waals surface area contributed by atoms with Gasteiger partial charge in [0.1, 0.15) is 5.75 Å². The Morgan fingerprint density at radius 1 is 0.941 bits per heavy atom. The van der Waals surface area contributed by atoms with Gasteiger partial charge in [-0.05, 0) is 40.0 Å². The zero-order valence-corrected chi connectivity index (χ0v) is 11.0. The van der Waals surface area contributed by atoms with Crippen molar-refractivity contribution in [1.82, 2.24) is 0 Å². The van der Waals surface area contributed by atoms with Crippen LogP contribution in [-0.4, -0.2) is 0 Å². The number of halogens is 1. The number of hydrogen-bond donors (Lipinski definition) is 0. The minimum atomic E-state index is -0.356. The Kier molecular flexibility index (Phi) is 2.67. The first-order chi connectivity index (χ1) is 8.28. The third-order valence-electron chi connectivity index (χ3n) is 3.16. The molecular weight excluding hydrogens is 276 g/mol. The molecule has 1 nitrogen and oxygen atoms in total. The lowest BCUT2D eigenvalue weighted by Gasteiger charge is -2.25. The fraction of sp³-hybridized carbons (Fsp3) is 0.200. The van der Waals surface area contributed by atoms with Crippen molar-refractivity contribution in [3.05, 3.63) is 65.7 Å². The van der Waals surface area contributed by atoms with Crippen LogP contribution in [0.1, 0.15) is 17.5 Å². The molecule has 0 N–H and O–H groups in total. The fourth-order valence-corrected chi connectivity index (χ4v) is 3.09. The second kappa shape index (κ2) is 4.19. The predicted molar refractivity (Wildman–Crippen MR) is 72.4 cm³/mol. The first-order valence-electron chi connectivity index (χ1n) is 5.79. The second-order valence-electron chi connectivity index (χ2n) is 4.30. The Labute approximate surface area is 110 Å². The van der Waals surface area contributed by atoms with Crippen LogP contribution in [0.5, 0.6) is 5.75 Å². The van der Waals surface area contributed by atoms with Crippen LogP contribution in [0.25, 0.3) is 0 Å². The van der Waals surface area contributed by atoms with Gasteiger partial charge in [-0.1, -0.05) is 42.5 Å². The minimum absolute atomic E-state index is 0.356. The molecule has 0 aliphatic heterocycles. The molecule has 17 heavy (non-hydrogen) atoms. The normalized spacial score (nSPS) is 22.2. The van der Waals surface area contributed by atoms with Crippen LogP contribution >= 0.6 is 15.9 Å². The largest absolute Gasteiger partial charge is 0.472 e. The van der Waals surface area contributed by atoms with E-state index in [2.05, 4.69) is 40.2 Å². The van der Waals surface area contributed by atoms with Gasteiger partial charge in [-0.25, -0.2) is 0 Å². The summed E-state index contributed by atoms with van der Waals surface area (Å²) >= 11 is 3.76. The Hall–Kier alpha value is -1.28. The van der Waals surface area contributed by atoms with Gasteiger partial charge in [0.15, 0.2) is 4.51 Å². The van der Waals surface area contributed by atoms with E-state index in [1.54, 1.807) is 0 Å². The van der Waals surface area contributed by atoms with Crippen molar-refractivity contribution in [2.45, 2.75) is 17.4 Å². The molecule has 86 valence electrons. The van der Waals surface area contributed by atoms with Crippen LogP contribution in [0.4, 0.5) is 0 Å². The highest BCUT2D eigenvalue weighted by molar-refractivity contribution is 9.09. The van der Waals surface area contributed by atoms with E-state index in [1.807, 2.05) is 30.3 Å². The van der Waals surface area contributed by atoms with Gasteiger partial charge in [0.2, 0.25) is 0 Å². The van der Waals surface area contributed by atoms with Crippen LogP contribution in [0.2, 0.25) is 0 Å². The monoisotopic (exact) mass is 288 g/mol. The van der Waals surface area contributed by atoms with Crippen LogP contribution in [0.3, 0.4) is 0 Å². The molecular formula is C15H13BrO. The quantitative estimate of drug-likeness (QED) is 0.751. The maximum absolute atomic E-state index is 6.11. The van der Waals surface area contributed by atoms with Gasteiger partial charge in [-0.15, -0.1) is 0 Å². The highest BCUT2D eigenvalue weighted by Gasteiger charge is 2.38. The molecule has 0 heterocycles. The van der Waals surface area contributed by atoms with E-state index in [9.17, 15) is 0 Å². The summed E-state index contributed by atoms with van der Waals surface area (Å²) in [5.74, 6) is 0.904. The van der Waals surface area contributed by atoms with Crippen molar-refractivity contribution in [2.24, 2.45) is 0 Å². The smallest absolute Gasteiger partial charge is 0.189 e. The van der Waals surface area contributed by atoms with Gasteiger partial charge in [0, 0.05) is 12.0 Å². The molecule has 0 radical (unpaired) electrons. The van der Waals surface area contributed by atoms with Crippen molar-refractivity contribution in [3.8, 4) is 5.75 Å². The summed E-state index contributed by atoms with van der Waals surface area (Å²) in [5, 5.41) is 0. The van der Waals surface area contributed by atoms with Crippen molar-refractivity contribution in [2.75, 3.05) is 0 Å². The summed E-state index contributed by atoms with van der Waals surface area (Å²) in [7, 11) is 0. The summed E-state index contributed by atoms with van der Waals surface area (Å²) in [6, 6.07) is 18.4. The van der Waals surface area contributed by atoms with E-state index in [0.717, 1.165) is 18.6 Å². The molecule has 0 saturated carbocycles. The van der Waals surface area contributed by atoms with Crippen molar-refractivity contribution >= 4 is 15.9 Å². The third-order valence-corrected chi connectivity index (χ3v) is 4.14. The Bertz CT molecular complexity index is 523. The number of hydrogen-bond acceptors (Lipinski definition) is 1. The van der Waals surface area contributed by atoms with Crippen LogP contribution < -0.4 is 4.74 Å². The number of aryl methyl sites for hydroxylation is 1. The molecule has 2 aromatic carbocycles. The molecule has 0 aromatic heterocycles. The fourth-order valence-electron chi connectivity index (χ4n) is 2.31. The van der Waals surface area contributed by atoms with E-state index in [0.29, 0.717) is 0 Å². The average Bonchev–Trinajstić information content (AvgIpc) is 2.69. The number of ether oxygens (including phenoxy) is 1. The van der Waals surface area contributed by atoms with Crippen molar-refractivity contribution in [1.29, 1.82) is 0 Å². The molecule has 3 rings (SSSR count). The van der Waals surface area contributed by atoms with E-state index in [4.69, 9.17) is 4.74 Å². The molecule has 1 aliphatic carbocycles. The Morgan fingerprint density at radius 2 is 1.65 bits per heavy atom. The Balaban J connectivity index is 1.94. The third kappa shape index (κ3) is 1.98. The first-order valence-corrected chi connectivity index (χ1v) is 6.59. The number of para-hydroxylation sites is 1. The van der Waals surface area contributed by atoms with E-state index >= 15 is 0 Å². The topological polar surface area (TPSA) is 9.23 Å². The Morgan fingerprint density at radius 3 is 2.47 bits per heavy atom. The summed E-state index contributed by atoms with van der Waals surface area (Å²) in [4.78, 5) is 0. The van der Waals surface area contributed by atoms with E-state index in [1.165, 1.54) is 11.1 Å². The van der Waals surface area contributed by atoms with Gasteiger partial charge in [-0.2, -0.15) is 0 Å². The van der Waals surface area contributed by atoms with Gasteiger partial charge in [0.05, 0.1) is 0 Å². The number of benzene rings is 2. The highest BCUT2D eigenvalue weighted by Crippen LogP contribution is 2.45. The predicted octanol–water partition coefficient (Wildman–Crippen LogP) is 4.26. The number of rotatable bonds is 2. The molecule has 0 spiro atoms. The summed E-state index contributed by atoms with van der Waals surface area (Å²) < 4.78 is 5.75. The average molecular weight is 289 g/mol. The minimum Gasteiger partial charge on any atom is -0.472 e. The van der Waals surface area contributed by atoms with Crippen molar-refractivity contribution in [3.63, 3.8) is 0 Å². The molecule has 2 aromatic rings. The zero-order chi connectivity index (χ0) is 11.7. The lowest BCUT2D eigenvalue weighted by Crippen LogP contribution is -2.22. The van der Waals surface area contributed by atoms with Gasteiger partial charge >= 0.3 is 0 Å². The van der Waals surface area contributed by atoms with E-state index < -0.39 is 0 Å². The SMILES string of the molecule is BrC1(Oc2ccccc2)CCc2ccccc21. The standard InChI is InChI=1S/C15H13BrO/c16-15(17-13-7-2-1-3-8-13)11-10-12-6-4-5-9-14(12)15/h1-9H,10-11H2. The lowest BCUT2D eigenvalue weighted by molar-refractivity contribution is 0.176. The van der Waals surface area contributed by atoms with Gasteiger partial charge < -0.3 is 4.74 Å². The molecule has 1 aliphatic rings. The highest BCUT2D eigenvalue weighted by atomic mass is 79.9. The van der Waals surface area contributed by atoms with E-state index in [-0.39, 0.29) is 4.51 Å². The summed E-state index contributed by atoms with van der Waals surface area (Å²) in [5.41, 5.74) is 2.63. The molecule has 0 bridgehead atoms. The maximum atomic E-state index is 6.11. The second-order valence-corrected chi connectivity index (χ2v) is 5.58. The first kappa shape index (κ1) is 10.8. The number of alkyl halides is 1. The zero-order valence-electron chi connectivity index (χ0n) is 9.40. The molecule has 1 unspecified atom stereocenters. The maximum Gasteiger partial charge on any atom is 0.189 e. The van der Waals surface area contributed by atoms with Crippen molar-refractivity contribution < 1.29 is 4.74 Å². The van der Waals surface area contributed by atoms with Gasteiger partial charge in [0.25, 0.3) is 0 Å². The molecule has 1 atom stereocenters. The summed E-state index contributed by atoms with van der Waals surface area (Å²) in [6.45, 7) is 0. The molecule has 0 saturated heterocycles. The van der Waals surface area contributed by atoms with Gasteiger partial charge in [-0.3, -0.25) is 0 Å². The molecule has 2 heteroatoms. The van der Waals surface area contributed by atoms with Crippen LogP contribution in [0, 0.1) is 0 Å². The lowest BCUT2D eigenvalue weighted by atomic mass is 10.1. The summed E-state index contributed by atoms with van der Waals surface area (Å²) in [6.07, 6.45) is 2.04. The van der Waals surface area contributed by atoms with Crippen LogP contribution in [0.15, 0.2) is 54.6 Å². The molecule has 0 amide bonds. The van der Waals surface area contributed by atoms with Crippen LogP contribution in [-0.2, 0) is 10.9 Å². The molecule has 0 fully saturated rings.